The maximum atomic E-state index is 13.7. The van der Waals surface area contributed by atoms with E-state index in [1.165, 1.54) is 17.5 Å². The molecule has 1 aliphatic rings. The molecule has 2 aromatic carbocycles. The summed E-state index contributed by atoms with van der Waals surface area (Å²) in [5.74, 6) is -0.582. The van der Waals surface area contributed by atoms with Gasteiger partial charge < -0.3 is 14.8 Å². The fourth-order valence-corrected chi connectivity index (χ4v) is 5.36. The zero-order chi connectivity index (χ0) is 22.6. The number of halogens is 1. The highest BCUT2D eigenvalue weighted by atomic mass is 32.2. The zero-order valence-corrected chi connectivity index (χ0v) is 18.6. The second-order valence-electron chi connectivity index (χ2n) is 7.50. The summed E-state index contributed by atoms with van der Waals surface area (Å²) in [6.07, 6.45) is 1.11. The molecule has 1 saturated heterocycles. The lowest BCUT2D eigenvalue weighted by molar-refractivity contribution is -0.126. The quantitative estimate of drug-likeness (QED) is 0.701. The first kappa shape index (κ1) is 23.0. The number of nitrogens with zero attached hydrogens (tertiary/aromatic N) is 1. The largest absolute Gasteiger partial charge is 0.497 e. The van der Waals surface area contributed by atoms with Crippen LogP contribution >= 0.6 is 0 Å². The minimum absolute atomic E-state index is 0.0309. The third-order valence-corrected chi connectivity index (χ3v) is 7.36. The summed E-state index contributed by atoms with van der Waals surface area (Å²) < 4.78 is 51.5. The molecule has 1 amide bonds. The Morgan fingerprint density at radius 3 is 2.52 bits per heavy atom. The van der Waals surface area contributed by atoms with E-state index in [2.05, 4.69) is 5.32 Å². The van der Waals surface area contributed by atoms with E-state index in [4.69, 9.17) is 9.47 Å². The van der Waals surface area contributed by atoms with Crippen molar-refractivity contribution in [3.8, 4) is 11.5 Å². The molecule has 0 unspecified atom stereocenters. The Kier molecular flexibility index (Phi) is 7.17. The minimum atomic E-state index is -4.01. The van der Waals surface area contributed by atoms with Gasteiger partial charge in [-0.1, -0.05) is 12.1 Å². The van der Waals surface area contributed by atoms with Gasteiger partial charge in [0.1, 0.15) is 22.2 Å². The Balaban J connectivity index is 1.72. The number of hydrogen-bond acceptors (Lipinski definition) is 5. The van der Waals surface area contributed by atoms with Gasteiger partial charge in [0.15, 0.2) is 0 Å². The van der Waals surface area contributed by atoms with Crippen LogP contribution in [0.15, 0.2) is 47.4 Å². The lowest BCUT2D eigenvalue weighted by Gasteiger charge is -2.32. The van der Waals surface area contributed by atoms with Crippen molar-refractivity contribution in [1.29, 1.82) is 0 Å². The average Bonchev–Trinajstić information content (AvgIpc) is 2.79. The number of ether oxygens (including phenoxy) is 2. The van der Waals surface area contributed by atoms with E-state index in [1.54, 1.807) is 7.11 Å². The van der Waals surface area contributed by atoms with Crippen LogP contribution in [0.4, 0.5) is 4.39 Å². The van der Waals surface area contributed by atoms with Crippen molar-refractivity contribution >= 4 is 15.9 Å². The van der Waals surface area contributed by atoms with Crippen molar-refractivity contribution in [2.45, 2.75) is 30.7 Å². The smallest absolute Gasteiger partial charge is 0.246 e. The maximum Gasteiger partial charge on any atom is 0.246 e. The summed E-state index contributed by atoms with van der Waals surface area (Å²) in [5.41, 5.74) is 0.916. The van der Waals surface area contributed by atoms with Gasteiger partial charge in [-0.2, -0.15) is 4.31 Å². The number of methoxy groups -OCH3 is 2. The van der Waals surface area contributed by atoms with Gasteiger partial charge in [0, 0.05) is 13.1 Å². The molecule has 0 spiro atoms. The molecule has 0 aromatic heterocycles. The highest BCUT2D eigenvalue weighted by Crippen LogP contribution is 2.30. The summed E-state index contributed by atoms with van der Waals surface area (Å²) in [4.78, 5) is 12.6. The van der Waals surface area contributed by atoms with E-state index in [-0.39, 0.29) is 35.7 Å². The van der Waals surface area contributed by atoms with Crippen molar-refractivity contribution in [2.75, 3.05) is 27.3 Å². The standard InChI is InChI=1S/C22H27FN2O5S/c1-15(16-6-9-19(29-2)10-7-16)24-22(26)17-5-4-12-25(14-17)31(27,28)21-13-18(23)8-11-20(21)30-3/h6-11,13,15,17H,4-5,12,14H2,1-3H3,(H,24,26)/t15-,17-/m0/s1. The Morgan fingerprint density at radius 2 is 1.87 bits per heavy atom. The Hall–Kier alpha value is -2.65. The second-order valence-corrected chi connectivity index (χ2v) is 9.41. The van der Waals surface area contributed by atoms with Gasteiger partial charge in [0.05, 0.1) is 26.2 Å². The molecule has 31 heavy (non-hydrogen) atoms. The molecule has 7 nitrogen and oxygen atoms in total. The molecule has 3 rings (SSSR count). The molecular weight excluding hydrogens is 423 g/mol. The number of hydrogen-bond donors (Lipinski definition) is 1. The van der Waals surface area contributed by atoms with Crippen molar-refractivity contribution in [3.05, 3.63) is 53.8 Å². The zero-order valence-electron chi connectivity index (χ0n) is 17.8. The number of benzene rings is 2. The Morgan fingerprint density at radius 1 is 1.16 bits per heavy atom. The molecule has 0 aliphatic carbocycles. The first-order chi connectivity index (χ1) is 14.8. The van der Waals surface area contributed by atoms with Gasteiger partial charge in [0.25, 0.3) is 0 Å². The van der Waals surface area contributed by atoms with Crippen molar-refractivity contribution < 1.29 is 27.1 Å². The van der Waals surface area contributed by atoms with E-state index in [1.807, 2.05) is 31.2 Å². The molecule has 1 N–H and O–H groups in total. The topological polar surface area (TPSA) is 84.9 Å². The molecule has 0 saturated carbocycles. The molecule has 1 aliphatic heterocycles. The molecule has 1 fully saturated rings. The van der Waals surface area contributed by atoms with Crippen LogP contribution in [-0.4, -0.2) is 45.9 Å². The maximum absolute atomic E-state index is 13.7. The second kappa shape index (κ2) is 9.65. The van der Waals surface area contributed by atoms with Crippen LogP contribution in [0.3, 0.4) is 0 Å². The van der Waals surface area contributed by atoms with Crippen LogP contribution < -0.4 is 14.8 Å². The van der Waals surface area contributed by atoms with Gasteiger partial charge in [0.2, 0.25) is 15.9 Å². The molecule has 9 heteroatoms. The summed E-state index contributed by atoms with van der Waals surface area (Å²) in [6, 6.07) is 10.5. The van der Waals surface area contributed by atoms with Crippen LogP contribution in [0.1, 0.15) is 31.4 Å². The highest BCUT2D eigenvalue weighted by Gasteiger charge is 2.35. The van der Waals surface area contributed by atoms with Gasteiger partial charge in [-0.05, 0) is 55.7 Å². The van der Waals surface area contributed by atoms with Crippen LogP contribution in [0, 0.1) is 11.7 Å². The summed E-state index contributed by atoms with van der Waals surface area (Å²) in [6.45, 7) is 2.16. The number of carbonyl (C=O) groups excluding carboxylic acids is 1. The van der Waals surface area contributed by atoms with Crippen molar-refractivity contribution in [2.24, 2.45) is 5.92 Å². The molecule has 0 radical (unpaired) electrons. The molecule has 1 heterocycles. The highest BCUT2D eigenvalue weighted by molar-refractivity contribution is 7.89. The summed E-state index contributed by atoms with van der Waals surface area (Å²) >= 11 is 0. The van der Waals surface area contributed by atoms with Gasteiger partial charge >= 0.3 is 0 Å². The predicted molar refractivity (Wildman–Crippen MR) is 114 cm³/mol. The number of rotatable bonds is 7. The fourth-order valence-electron chi connectivity index (χ4n) is 3.67. The lowest BCUT2D eigenvalue weighted by Crippen LogP contribution is -2.45. The van der Waals surface area contributed by atoms with Crippen LogP contribution in [-0.2, 0) is 14.8 Å². The molecular formula is C22H27FN2O5S. The number of nitrogens with one attached hydrogen (secondary N) is 1. The average molecular weight is 451 g/mol. The summed E-state index contributed by atoms with van der Waals surface area (Å²) in [5, 5.41) is 2.96. The lowest BCUT2D eigenvalue weighted by atomic mass is 9.98. The van der Waals surface area contributed by atoms with Gasteiger partial charge in [-0.25, -0.2) is 12.8 Å². The van der Waals surface area contributed by atoms with Crippen LogP contribution in [0.25, 0.3) is 0 Å². The van der Waals surface area contributed by atoms with Crippen LogP contribution in [0.5, 0.6) is 11.5 Å². The number of carbonyl (C=O) groups is 1. The van der Waals surface area contributed by atoms with Crippen molar-refractivity contribution in [1.82, 2.24) is 9.62 Å². The Labute approximate surface area is 182 Å². The number of sulfonamides is 1. The molecule has 2 aromatic rings. The molecule has 168 valence electrons. The normalized spacial score (nSPS) is 18.3. The van der Waals surface area contributed by atoms with E-state index in [0.717, 1.165) is 23.4 Å². The SMILES string of the molecule is COc1ccc([C@H](C)NC(=O)[C@H]2CCCN(S(=O)(=O)c3cc(F)ccc3OC)C2)cc1. The third-order valence-electron chi connectivity index (χ3n) is 5.47. The van der Waals surface area contributed by atoms with Gasteiger partial charge in [-0.15, -0.1) is 0 Å². The minimum Gasteiger partial charge on any atom is -0.497 e. The third kappa shape index (κ3) is 5.16. The van der Waals surface area contributed by atoms with E-state index in [0.29, 0.717) is 12.8 Å². The van der Waals surface area contributed by atoms with Gasteiger partial charge in [-0.3, -0.25) is 4.79 Å². The number of piperidine rings is 1. The van der Waals surface area contributed by atoms with Crippen LogP contribution in [0.2, 0.25) is 0 Å². The van der Waals surface area contributed by atoms with Crippen molar-refractivity contribution in [3.63, 3.8) is 0 Å². The monoisotopic (exact) mass is 450 g/mol. The first-order valence-electron chi connectivity index (χ1n) is 10.0. The molecule has 0 bridgehead atoms. The van der Waals surface area contributed by atoms with E-state index >= 15 is 0 Å². The fraction of sp³-hybridized carbons (Fsp3) is 0.409. The predicted octanol–water partition coefficient (Wildman–Crippen LogP) is 3.12. The van der Waals surface area contributed by atoms with E-state index in [9.17, 15) is 17.6 Å². The summed E-state index contributed by atoms with van der Waals surface area (Å²) in [7, 11) is -1.09. The van der Waals surface area contributed by atoms with E-state index < -0.39 is 21.8 Å². The Bertz CT molecular complexity index is 1030. The first-order valence-corrected chi connectivity index (χ1v) is 11.5. The molecule has 2 atom stereocenters. The number of amides is 1.